The molecule has 2 saturated heterocycles. The van der Waals surface area contributed by atoms with E-state index in [0.29, 0.717) is 25.9 Å². The number of nitrogens with zero attached hydrogens (tertiary/aromatic N) is 8. The number of thiazole rings is 1. The van der Waals surface area contributed by atoms with Gasteiger partial charge in [-0.25, -0.2) is 10.4 Å². The zero-order chi connectivity index (χ0) is 40.2. The van der Waals surface area contributed by atoms with Crippen LogP contribution in [0.3, 0.4) is 0 Å². The Labute approximate surface area is 338 Å². The molecular formula is C42H53N10O4S+. The summed E-state index contributed by atoms with van der Waals surface area (Å²) in [4.78, 5) is 50.7. The fourth-order valence-electron chi connectivity index (χ4n) is 8.61. The standard InChI is InChI=1S/C42H52N10O4S/c1-25-16-29(25)38(53)46-31-19-35-45-32(21-57-35)26-9-10-28-33(17-26)51(23-41(2,3)24-56-40(55)30-8-7-11-52(48-30)39(31)54)37(36(28)42(4,5)22-43)27-18-34(47-44-20-27)50-14-12-49(6)13-15-50/h9-10,17-18,20-21,25,29-31,36,48H,7-8,11-16,19,23-24H2,1-6H3/p+1/t25-,29-,30-,31-,36?/m0/s1. The third-order valence-electron chi connectivity index (χ3n) is 12.2. The Hall–Kier alpha value is -4.78. The number of piperazine rings is 1. The fourth-order valence-corrected chi connectivity index (χ4v) is 9.46. The van der Waals surface area contributed by atoms with Crippen LogP contribution in [0.2, 0.25) is 0 Å². The predicted octanol–water partition coefficient (Wildman–Crippen LogP) is 3.89. The van der Waals surface area contributed by atoms with E-state index in [1.54, 1.807) is 6.20 Å². The molecule has 0 spiro atoms. The van der Waals surface area contributed by atoms with Crippen LogP contribution in [0, 0.1) is 34.0 Å². The molecule has 1 unspecified atom stereocenters. The average molecular weight is 794 g/mol. The number of anilines is 1. The Morgan fingerprint density at radius 1 is 1.14 bits per heavy atom. The molecule has 5 aliphatic rings. The van der Waals surface area contributed by atoms with Gasteiger partial charge in [0.1, 0.15) is 18.7 Å². The lowest BCUT2D eigenvalue weighted by atomic mass is 9.73. The van der Waals surface area contributed by atoms with Gasteiger partial charge in [-0.05, 0) is 52.1 Å². The van der Waals surface area contributed by atoms with Crippen molar-refractivity contribution < 1.29 is 23.7 Å². The van der Waals surface area contributed by atoms with E-state index < -0.39 is 28.9 Å². The first-order chi connectivity index (χ1) is 27.2. The van der Waals surface area contributed by atoms with E-state index in [4.69, 9.17) is 9.72 Å². The number of nitrogens with one attached hydrogen (secondary N) is 2. The fraction of sp³-hybridized carbons (Fsp3) is 0.571. The number of nitriles is 1. The molecule has 5 atom stereocenters. The van der Waals surface area contributed by atoms with Crippen molar-refractivity contribution in [3.63, 3.8) is 0 Å². The molecule has 3 fully saturated rings. The average Bonchev–Trinajstić information content (AvgIpc) is 3.61. The topological polar surface area (TPSA) is 160 Å². The molecule has 6 bridgehead atoms. The van der Waals surface area contributed by atoms with Gasteiger partial charge in [0.2, 0.25) is 11.6 Å². The van der Waals surface area contributed by atoms with Crippen LogP contribution in [0.15, 0.2) is 35.8 Å². The number of hydrogen-bond donors (Lipinski definition) is 2. The number of fused-ring (bicyclic) bond motifs is 6. The molecule has 8 rings (SSSR count). The van der Waals surface area contributed by atoms with Gasteiger partial charge in [-0.1, -0.05) is 32.9 Å². The molecule has 15 heteroatoms. The smallest absolute Gasteiger partial charge is 0.324 e. The third-order valence-corrected chi connectivity index (χ3v) is 13.1. The Balaban J connectivity index is 1.24. The number of hydrogen-bond acceptors (Lipinski definition) is 12. The van der Waals surface area contributed by atoms with Crippen molar-refractivity contribution >= 4 is 46.3 Å². The SMILES string of the molecule is C[C@H]1C[C@@H]1C(=O)N[C@H]1Cc2nc(cs2)-c2ccc3c(c2)[N+](=C(c2cnnc(N4CCN(C)CC4)c2)C3C(C)(C)C#N)CC(C)(C)COC(=O)[C@@H]2CCCN(N2)C1=O. The Morgan fingerprint density at radius 2 is 1.91 bits per heavy atom. The van der Waals surface area contributed by atoms with E-state index in [-0.39, 0.29) is 42.6 Å². The Morgan fingerprint density at radius 3 is 2.65 bits per heavy atom. The maximum absolute atomic E-state index is 14.1. The lowest BCUT2D eigenvalue weighted by Gasteiger charge is -2.35. The minimum Gasteiger partial charge on any atom is -0.464 e. The first-order valence-corrected chi connectivity index (χ1v) is 21.0. The molecular weight excluding hydrogens is 741 g/mol. The summed E-state index contributed by atoms with van der Waals surface area (Å²) in [5, 5.41) is 27.0. The maximum Gasteiger partial charge on any atom is 0.324 e. The molecule has 1 aliphatic carbocycles. The number of hydrazine groups is 1. The van der Waals surface area contributed by atoms with Crippen LogP contribution in [-0.4, -0.2) is 118 Å². The number of carbonyl (C=O) groups excluding carboxylic acids is 3. The first kappa shape index (κ1) is 39.1. The van der Waals surface area contributed by atoms with Crippen molar-refractivity contribution in [2.75, 3.05) is 57.8 Å². The van der Waals surface area contributed by atoms with Gasteiger partial charge >= 0.3 is 5.97 Å². The quantitative estimate of drug-likeness (QED) is 0.285. The number of benzene rings is 1. The van der Waals surface area contributed by atoms with Crippen LogP contribution in [-0.2, 0) is 25.5 Å². The lowest BCUT2D eigenvalue weighted by molar-refractivity contribution is -0.456. The summed E-state index contributed by atoms with van der Waals surface area (Å²) in [7, 11) is 2.12. The van der Waals surface area contributed by atoms with Crippen LogP contribution in [0.25, 0.3) is 11.3 Å². The highest BCUT2D eigenvalue weighted by Crippen LogP contribution is 2.49. The Kier molecular flexibility index (Phi) is 10.4. The van der Waals surface area contributed by atoms with Gasteiger partial charge in [0.05, 0.1) is 45.3 Å². The lowest BCUT2D eigenvalue weighted by Crippen LogP contribution is -2.60. The molecule has 4 aliphatic heterocycles. The number of aromatic nitrogens is 3. The van der Waals surface area contributed by atoms with Crippen LogP contribution in [0.1, 0.15) is 75.9 Å². The minimum atomic E-state index is -0.851. The minimum absolute atomic E-state index is 0.106. The van der Waals surface area contributed by atoms with Gasteiger partial charge in [-0.3, -0.25) is 19.4 Å². The monoisotopic (exact) mass is 793 g/mol. The number of amides is 2. The molecule has 300 valence electrons. The second-order valence-corrected chi connectivity index (χ2v) is 18.8. The summed E-state index contributed by atoms with van der Waals surface area (Å²) in [5.74, 6) is -0.178. The van der Waals surface area contributed by atoms with E-state index in [9.17, 15) is 19.6 Å². The molecule has 2 aromatic heterocycles. The number of esters is 1. The molecule has 6 heterocycles. The van der Waals surface area contributed by atoms with Crippen molar-refractivity contribution in [2.24, 2.45) is 22.7 Å². The van der Waals surface area contributed by atoms with Crippen molar-refractivity contribution in [1.29, 1.82) is 5.26 Å². The number of carbonyl (C=O) groups is 3. The Bertz CT molecular complexity index is 2150. The van der Waals surface area contributed by atoms with E-state index >= 15 is 0 Å². The molecule has 2 N–H and O–H groups in total. The zero-order valence-electron chi connectivity index (χ0n) is 33.7. The molecule has 57 heavy (non-hydrogen) atoms. The number of likely N-dealkylation sites (N-methyl/N-ethyl adjacent to an activating group) is 1. The van der Waals surface area contributed by atoms with Gasteiger partial charge in [0.25, 0.3) is 5.91 Å². The molecule has 14 nitrogen and oxygen atoms in total. The summed E-state index contributed by atoms with van der Waals surface area (Å²) >= 11 is 1.46. The van der Waals surface area contributed by atoms with E-state index in [0.717, 1.165) is 77.2 Å². The van der Waals surface area contributed by atoms with E-state index in [2.05, 4.69) is 86.5 Å². The van der Waals surface area contributed by atoms with Crippen LogP contribution in [0.4, 0.5) is 11.5 Å². The first-order valence-electron chi connectivity index (χ1n) is 20.2. The van der Waals surface area contributed by atoms with Crippen LogP contribution < -0.4 is 15.6 Å². The van der Waals surface area contributed by atoms with Gasteiger partial charge in [0.15, 0.2) is 18.1 Å². The molecule has 1 aromatic carbocycles. The second kappa shape index (κ2) is 15.2. The molecule has 1 saturated carbocycles. The summed E-state index contributed by atoms with van der Waals surface area (Å²) in [6.45, 7) is 14.7. The highest BCUT2D eigenvalue weighted by atomic mass is 32.1. The van der Waals surface area contributed by atoms with Crippen molar-refractivity contribution in [3.8, 4) is 17.3 Å². The zero-order valence-corrected chi connectivity index (χ0v) is 34.6. The predicted molar refractivity (Wildman–Crippen MR) is 216 cm³/mol. The highest BCUT2D eigenvalue weighted by molar-refractivity contribution is 7.10. The van der Waals surface area contributed by atoms with Crippen molar-refractivity contribution in [3.05, 3.63) is 52.0 Å². The number of cyclic esters (lactones) is 1. The highest BCUT2D eigenvalue weighted by Gasteiger charge is 2.50. The van der Waals surface area contributed by atoms with Gasteiger partial charge in [0, 0.05) is 67.6 Å². The van der Waals surface area contributed by atoms with E-state index in [1.165, 1.54) is 16.3 Å². The maximum atomic E-state index is 14.1. The van der Waals surface area contributed by atoms with Crippen molar-refractivity contribution in [2.45, 2.75) is 78.3 Å². The van der Waals surface area contributed by atoms with Gasteiger partial charge < -0.3 is 19.9 Å². The second-order valence-electron chi connectivity index (χ2n) is 17.9. The summed E-state index contributed by atoms with van der Waals surface area (Å²) in [6.07, 6.45) is 3.95. The van der Waals surface area contributed by atoms with Crippen LogP contribution >= 0.6 is 11.3 Å². The summed E-state index contributed by atoms with van der Waals surface area (Å²) < 4.78 is 8.37. The number of ether oxygens (including phenoxy) is 1. The molecule has 2 amide bonds. The largest absolute Gasteiger partial charge is 0.464 e. The van der Waals surface area contributed by atoms with Crippen molar-refractivity contribution in [1.82, 2.24) is 35.8 Å². The normalized spacial score (nSPS) is 26.6. The third kappa shape index (κ3) is 7.91. The van der Waals surface area contributed by atoms with Gasteiger partial charge in [-0.2, -0.15) is 14.9 Å². The summed E-state index contributed by atoms with van der Waals surface area (Å²) in [5.41, 5.74) is 7.26. The summed E-state index contributed by atoms with van der Waals surface area (Å²) in [6, 6.07) is 9.47. The van der Waals surface area contributed by atoms with Gasteiger partial charge in [-0.15, -0.1) is 16.4 Å². The number of rotatable bonds is 5. The molecule has 3 aromatic rings. The molecule has 0 radical (unpaired) electrons. The van der Waals surface area contributed by atoms with Crippen LogP contribution in [0.5, 0.6) is 0 Å². The van der Waals surface area contributed by atoms with E-state index in [1.807, 2.05) is 26.2 Å².